The topological polar surface area (TPSA) is 83.8 Å². The van der Waals surface area contributed by atoms with E-state index in [0.29, 0.717) is 25.7 Å². The Morgan fingerprint density at radius 1 is 1.00 bits per heavy atom. The molecule has 0 aromatic heterocycles. The second-order valence-corrected chi connectivity index (χ2v) is 11.3. The van der Waals surface area contributed by atoms with Crippen molar-refractivity contribution in [2.24, 2.45) is 34.5 Å². The third-order valence-corrected chi connectivity index (χ3v) is 10.2. The van der Waals surface area contributed by atoms with Gasteiger partial charge in [0.25, 0.3) is 0 Å². The first-order valence-electron chi connectivity index (χ1n) is 11.6. The summed E-state index contributed by atoms with van der Waals surface area (Å²) in [4.78, 5) is 23.9. The summed E-state index contributed by atoms with van der Waals surface area (Å²) in [6, 6.07) is 0. The number of carbonyl (C=O) groups excluding carboxylic acids is 2. The number of esters is 1. The van der Waals surface area contributed by atoms with Crippen molar-refractivity contribution in [3.8, 4) is 0 Å². The lowest BCUT2D eigenvalue weighted by molar-refractivity contribution is -0.255. The second kappa shape index (κ2) is 6.74. The third kappa shape index (κ3) is 2.58. The normalized spacial score (nSPS) is 55.2. The van der Waals surface area contributed by atoms with Gasteiger partial charge in [0, 0.05) is 24.2 Å². The van der Waals surface area contributed by atoms with Crippen LogP contribution in [0.3, 0.4) is 0 Å². The van der Waals surface area contributed by atoms with Crippen LogP contribution in [0, 0.1) is 34.5 Å². The number of carbonyl (C=O) groups is 2. The number of ketones is 1. The summed E-state index contributed by atoms with van der Waals surface area (Å²) in [5.41, 5.74) is -4.04. The van der Waals surface area contributed by atoms with Crippen molar-refractivity contribution < 1.29 is 28.9 Å². The van der Waals surface area contributed by atoms with Crippen molar-refractivity contribution in [2.45, 2.75) is 103 Å². The van der Waals surface area contributed by atoms with Crippen molar-refractivity contribution >= 4 is 11.8 Å². The molecule has 10 unspecified atom stereocenters. The summed E-state index contributed by atoms with van der Waals surface area (Å²) in [6.45, 7) is 8.80. The van der Waals surface area contributed by atoms with Gasteiger partial charge in [-0.25, -0.2) is 4.39 Å². The standard InChI is InChI=1S/C24H37FO5/c1-13-10-19-17-11-20(25)23(28)12-16(30-15(3)27)6-8-21(23,4)18(17)7-9-22(19,5)24(13,29)14(2)26/h13,16-20,28-29H,6-12H2,1-5H3. The van der Waals surface area contributed by atoms with Gasteiger partial charge in [0.1, 0.15) is 23.5 Å². The highest BCUT2D eigenvalue weighted by molar-refractivity contribution is 5.86. The van der Waals surface area contributed by atoms with Gasteiger partial charge < -0.3 is 14.9 Å². The molecule has 0 amide bonds. The minimum absolute atomic E-state index is 0.0325. The van der Waals surface area contributed by atoms with E-state index in [1.807, 2.05) is 20.8 Å². The molecule has 4 saturated carbocycles. The fourth-order valence-electron chi connectivity index (χ4n) is 8.62. The molecule has 4 aliphatic rings. The highest BCUT2D eigenvalue weighted by Crippen LogP contribution is 2.70. The molecule has 170 valence electrons. The Kier molecular flexibility index (Phi) is 4.99. The van der Waals surface area contributed by atoms with E-state index in [-0.39, 0.29) is 42.3 Å². The van der Waals surface area contributed by atoms with Gasteiger partial charge in [0.15, 0.2) is 5.78 Å². The van der Waals surface area contributed by atoms with E-state index in [1.54, 1.807) is 0 Å². The van der Waals surface area contributed by atoms with Crippen molar-refractivity contribution in [1.29, 1.82) is 0 Å². The summed E-state index contributed by atoms with van der Waals surface area (Å²) in [5, 5.41) is 23.1. The van der Waals surface area contributed by atoms with Gasteiger partial charge in [0.2, 0.25) is 0 Å². The predicted octanol–water partition coefficient (Wildman–Crippen LogP) is 3.59. The maximum Gasteiger partial charge on any atom is 0.302 e. The van der Waals surface area contributed by atoms with Gasteiger partial charge in [-0.1, -0.05) is 20.8 Å². The number of hydrogen-bond acceptors (Lipinski definition) is 5. The molecule has 0 radical (unpaired) electrons. The molecule has 0 heterocycles. The minimum Gasteiger partial charge on any atom is -0.462 e. The molecule has 5 nitrogen and oxygen atoms in total. The van der Waals surface area contributed by atoms with E-state index in [9.17, 15) is 19.8 Å². The van der Waals surface area contributed by atoms with E-state index in [1.165, 1.54) is 13.8 Å². The Morgan fingerprint density at radius 3 is 2.23 bits per heavy atom. The fraction of sp³-hybridized carbons (Fsp3) is 0.917. The van der Waals surface area contributed by atoms with Gasteiger partial charge in [-0.05, 0) is 69.1 Å². The average molecular weight is 425 g/mol. The summed E-state index contributed by atoms with van der Waals surface area (Å²) in [5.74, 6) is -0.512. The summed E-state index contributed by atoms with van der Waals surface area (Å²) >= 11 is 0. The van der Waals surface area contributed by atoms with Crippen LogP contribution in [0.2, 0.25) is 0 Å². The lowest BCUT2D eigenvalue weighted by atomic mass is 9.42. The zero-order valence-corrected chi connectivity index (χ0v) is 18.9. The van der Waals surface area contributed by atoms with E-state index < -0.39 is 40.3 Å². The van der Waals surface area contributed by atoms with Gasteiger partial charge in [-0.2, -0.15) is 0 Å². The fourth-order valence-corrected chi connectivity index (χ4v) is 8.62. The van der Waals surface area contributed by atoms with Crippen LogP contribution >= 0.6 is 0 Å². The van der Waals surface area contributed by atoms with E-state index in [0.717, 1.165) is 6.42 Å². The Hall–Kier alpha value is -1.01. The molecular weight excluding hydrogens is 387 g/mol. The molecule has 0 bridgehead atoms. The smallest absolute Gasteiger partial charge is 0.302 e. The average Bonchev–Trinajstić information content (AvgIpc) is 2.85. The number of aliphatic hydroxyl groups is 2. The molecule has 0 aromatic carbocycles. The first kappa shape index (κ1) is 22.2. The number of hydrogen-bond donors (Lipinski definition) is 2. The zero-order valence-electron chi connectivity index (χ0n) is 18.9. The lowest BCUT2D eigenvalue weighted by Gasteiger charge is -2.65. The van der Waals surface area contributed by atoms with Gasteiger partial charge >= 0.3 is 5.97 Å². The largest absolute Gasteiger partial charge is 0.462 e. The number of alkyl halides is 1. The van der Waals surface area contributed by atoms with Crippen molar-refractivity contribution in [3.63, 3.8) is 0 Å². The summed E-state index contributed by atoms with van der Waals surface area (Å²) in [7, 11) is 0. The molecule has 0 aliphatic heterocycles. The van der Waals surface area contributed by atoms with Crippen LogP contribution in [0.5, 0.6) is 0 Å². The van der Waals surface area contributed by atoms with Crippen LogP contribution in [0.15, 0.2) is 0 Å². The van der Waals surface area contributed by atoms with Gasteiger partial charge in [-0.15, -0.1) is 0 Å². The van der Waals surface area contributed by atoms with Crippen molar-refractivity contribution in [1.82, 2.24) is 0 Å². The van der Waals surface area contributed by atoms with Crippen molar-refractivity contribution in [2.75, 3.05) is 0 Å². The molecule has 2 N–H and O–H groups in total. The van der Waals surface area contributed by atoms with Gasteiger partial charge in [0.05, 0.1) is 0 Å². The Morgan fingerprint density at radius 2 is 1.63 bits per heavy atom. The summed E-state index contributed by atoms with van der Waals surface area (Å²) < 4.78 is 21.1. The zero-order chi connectivity index (χ0) is 22.3. The highest BCUT2D eigenvalue weighted by atomic mass is 19.1. The van der Waals surface area contributed by atoms with Crippen molar-refractivity contribution in [3.05, 3.63) is 0 Å². The Bertz CT molecular complexity index is 756. The molecule has 0 spiro atoms. The van der Waals surface area contributed by atoms with Crippen LogP contribution in [0.1, 0.15) is 79.6 Å². The molecule has 4 fully saturated rings. The van der Waals surface area contributed by atoms with E-state index >= 15 is 4.39 Å². The van der Waals surface area contributed by atoms with Crippen LogP contribution < -0.4 is 0 Å². The SMILES string of the molecule is CC(=O)OC1CCC2(C)C3CCC4(C)C(CC(C)C4(O)C(C)=O)C3CC(F)C2(O)C1. The Labute approximate surface area is 178 Å². The van der Waals surface area contributed by atoms with Crippen LogP contribution in [-0.2, 0) is 14.3 Å². The second-order valence-electron chi connectivity index (χ2n) is 11.3. The van der Waals surface area contributed by atoms with Gasteiger partial charge in [-0.3, -0.25) is 9.59 Å². The molecule has 10 atom stereocenters. The molecule has 0 aromatic rings. The molecule has 6 heteroatoms. The third-order valence-electron chi connectivity index (χ3n) is 10.2. The monoisotopic (exact) mass is 424 g/mol. The van der Waals surface area contributed by atoms with Crippen LogP contribution in [-0.4, -0.2) is 45.4 Å². The predicted molar refractivity (Wildman–Crippen MR) is 109 cm³/mol. The van der Waals surface area contributed by atoms with E-state index in [4.69, 9.17) is 4.74 Å². The molecule has 0 saturated heterocycles. The highest BCUT2D eigenvalue weighted by Gasteiger charge is 2.72. The lowest BCUT2D eigenvalue weighted by Crippen LogP contribution is -2.68. The number of rotatable bonds is 2. The molecule has 30 heavy (non-hydrogen) atoms. The first-order chi connectivity index (χ1) is 13.8. The van der Waals surface area contributed by atoms with E-state index in [2.05, 4.69) is 0 Å². The Balaban J connectivity index is 1.68. The van der Waals surface area contributed by atoms with Crippen LogP contribution in [0.4, 0.5) is 4.39 Å². The maximum atomic E-state index is 15.7. The molecular formula is C24H37FO5. The first-order valence-corrected chi connectivity index (χ1v) is 11.6. The summed E-state index contributed by atoms with van der Waals surface area (Å²) in [6.07, 6.45) is 1.95. The van der Waals surface area contributed by atoms with Crippen LogP contribution in [0.25, 0.3) is 0 Å². The number of Topliss-reactive ketones (excluding diaryl/α,β-unsaturated/α-hetero) is 1. The number of halogens is 1. The molecule has 4 rings (SSSR count). The number of fused-ring (bicyclic) bond motifs is 5. The quantitative estimate of drug-likeness (QED) is 0.662. The number of ether oxygens (including phenoxy) is 1. The molecule has 4 aliphatic carbocycles. The minimum atomic E-state index is -1.51. The maximum absolute atomic E-state index is 15.7.